The lowest BCUT2D eigenvalue weighted by Crippen LogP contribution is -2.38. The first-order chi connectivity index (χ1) is 11.0. The van der Waals surface area contributed by atoms with Crippen LogP contribution in [0.5, 0.6) is 5.75 Å². The van der Waals surface area contributed by atoms with E-state index >= 15 is 0 Å². The van der Waals surface area contributed by atoms with E-state index in [0.29, 0.717) is 23.1 Å². The molecule has 3 rings (SSSR count). The Bertz CT molecular complexity index is 715. The van der Waals surface area contributed by atoms with Crippen molar-refractivity contribution in [1.82, 2.24) is 5.32 Å². The molecule has 2 atom stereocenters. The number of halogens is 2. The Labute approximate surface area is 145 Å². The average molecular weight is 350 g/mol. The highest BCUT2D eigenvalue weighted by molar-refractivity contribution is 6.30. The van der Waals surface area contributed by atoms with Gasteiger partial charge in [0.25, 0.3) is 0 Å². The van der Waals surface area contributed by atoms with E-state index in [0.717, 1.165) is 16.9 Å². The fraction of sp³-hybridized carbons (Fsp3) is 0.278. The molecular formula is C18H17Cl2NO2. The van der Waals surface area contributed by atoms with Crippen LogP contribution < -0.4 is 10.1 Å². The molecule has 0 saturated heterocycles. The van der Waals surface area contributed by atoms with Crippen molar-refractivity contribution >= 4 is 29.1 Å². The van der Waals surface area contributed by atoms with Gasteiger partial charge in [-0.3, -0.25) is 4.79 Å². The minimum atomic E-state index is -0.212. The van der Waals surface area contributed by atoms with Gasteiger partial charge in [0.2, 0.25) is 5.91 Å². The van der Waals surface area contributed by atoms with Gasteiger partial charge in [-0.15, -0.1) is 0 Å². The van der Waals surface area contributed by atoms with Gasteiger partial charge in [0.15, 0.2) is 0 Å². The Morgan fingerprint density at radius 3 is 2.61 bits per heavy atom. The predicted octanol–water partition coefficient (Wildman–Crippen LogP) is 4.42. The summed E-state index contributed by atoms with van der Waals surface area (Å²) in [6.45, 7) is 2.34. The first-order valence-electron chi connectivity index (χ1n) is 7.50. The van der Waals surface area contributed by atoms with Gasteiger partial charge in [-0.1, -0.05) is 35.3 Å². The molecule has 1 N–H and O–H groups in total. The Hall–Kier alpha value is -1.71. The molecule has 23 heavy (non-hydrogen) atoms. The maximum absolute atomic E-state index is 12.5. The zero-order valence-corrected chi connectivity index (χ0v) is 14.2. The molecule has 1 aliphatic rings. The van der Waals surface area contributed by atoms with Gasteiger partial charge in [-0.25, -0.2) is 0 Å². The Morgan fingerprint density at radius 1 is 1.17 bits per heavy atom. The number of carbonyl (C=O) groups excluding carboxylic acids is 1. The lowest BCUT2D eigenvalue weighted by molar-refractivity contribution is -0.126. The van der Waals surface area contributed by atoms with Crippen molar-refractivity contribution in [2.75, 3.05) is 6.61 Å². The SMILES string of the molecule is C[C@H](NC(=O)[C@H]1COc2ccc(Cl)cc2C1)c1ccc(Cl)cc1. The molecule has 0 saturated carbocycles. The second-order valence-electron chi connectivity index (χ2n) is 5.75. The van der Waals surface area contributed by atoms with E-state index in [1.165, 1.54) is 0 Å². The van der Waals surface area contributed by atoms with Crippen LogP contribution in [0.3, 0.4) is 0 Å². The number of fused-ring (bicyclic) bond motifs is 1. The molecule has 0 fully saturated rings. The quantitative estimate of drug-likeness (QED) is 0.890. The molecule has 5 heteroatoms. The number of benzene rings is 2. The van der Waals surface area contributed by atoms with E-state index in [1.807, 2.05) is 43.3 Å². The summed E-state index contributed by atoms with van der Waals surface area (Å²) < 4.78 is 5.68. The molecule has 0 spiro atoms. The third kappa shape index (κ3) is 3.80. The predicted molar refractivity (Wildman–Crippen MR) is 92.2 cm³/mol. The molecule has 2 aromatic rings. The summed E-state index contributed by atoms with van der Waals surface area (Å²) in [5, 5.41) is 4.37. The lowest BCUT2D eigenvalue weighted by Gasteiger charge is -2.26. The van der Waals surface area contributed by atoms with Crippen LogP contribution in [-0.4, -0.2) is 12.5 Å². The van der Waals surface area contributed by atoms with Crippen LogP contribution in [-0.2, 0) is 11.2 Å². The molecule has 0 aliphatic carbocycles. The van der Waals surface area contributed by atoms with Crippen LogP contribution in [0, 0.1) is 5.92 Å². The Morgan fingerprint density at radius 2 is 1.87 bits per heavy atom. The highest BCUT2D eigenvalue weighted by Gasteiger charge is 2.27. The third-order valence-corrected chi connectivity index (χ3v) is 4.52. The molecule has 1 amide bonds. The van der Waals surface area contributed by atoms with Crippen molar-refractivity contribution in [3.8, 4) is 5.75 Å². The minimum Gasteiger partial charge on any atom is -0.492 e. The third-order valence-electron chi connectivity index (χ3n) is 4.03. The number of rotatable bonds is 3. The molecule has 120 valence electrons. The van der Waals surface area contributed by atoms with Crippen LogP contribution in [0.2, 0.25) is 10.0 Å². The van der Waals surface area contributed by atoms with Gasteiger partial charge < -0.3 is 10.1 Å². The molecule has 2 aromatic carbocycles. The van der Waals surface area contributed by atoms with Gasteiger partial charge in [0, 0.05) is 10.0 Å². The second-order valence-corrected chi connectivity index (χ2v) is 6.62. The summed E-state index contributed by atoms with van der Waals surface area (Å²) in [5.74, 6) is 0.581. The zero-order chi connectivity index (χ0) is 16.4. The molecule has 0 unspecified atom stereocenters. The van der Waals surface area contributed by atoms with Gasteiger partial charge in [-0.05, 0) is 54.8 Å². The number of nitrogens with one attached hydrogen (secondary N) is 1. The van der Waals surface area contributed by atoms with Crippen LogP contribution in [0.4, 0.5) is 0 Å². The fourth-order valence-corrected chi connectivity index (χ4v) is 3.02. The smallest absolute Gasteiger partial charge is 0.227 e. The minimum absolute atomic E-state index is 0.0157. The average Bonchev–Trinajstić information content (AvgIpc) is 2.54. The maximum atomic E-state index is 12.5. The standard InChI is InChI=1S/C18H17Cl2NO2/c1-11(12-2-4-15(19)5-3-12)21-18(22)14-8-13-9-16(20)6-7-17(13)23-10-14/h2-7,9,11,14H,8,10H2,1H3,(H,21,22)/t11-,14+/m0/s1. The highest BCUT2D eigenvalue weighted by atomic mass is 35.5. The lowest BCUT2D eigenvalue weighted by atomic mass is 9.95. The van der Waals surface area contributed by atoms with E-state index in [4.69, 9.17) is 27.9 Å². The number of ether oxygens (including phenoxy) is 1. The number of hydrogen-bond donors (Lipinski definition) is 1. The van der Waals surface area contributed by atoms with E-state index in [9.17, 15) is 4.79 Å². The summed E-state index contributed by atoms with van der Waals surface area (Å²) in [7, 11) is 0. The Kier molecular flexibility index (Phi) is 4.79. The molecule has 1 heterocycles. The second kappa shape index (κ2) is 6.81. The van der Waals surface area contributed by atoms with E-state index in [1.54, 1.807) is 6.07 Å². The van der Waals surface area contributed by atoms with Crippen LogP contribution in [0.1, 0.15) is 24.1 Å². The van der Waals surface area contributed by atoms with Crippen molar-refractivity contribution in [2.45, 2.75) is 19.4 Å². The summed E-state index contributed by atoms with van der Waals surface area (Å²) in [6, 6.07) is 12.9. The van der Waals surface area contributed by atoms with Gasteiger partial charge in [-0.2, -0.15) is 0 Å². The number of carbonyl (C=O) groups is 1. The summed E-state index contributed by atoms with van der Waals surface area (Å²) in [6.07, 6.45) is 0.634. The summed E-state index contributed by atoms with van der Waals surface area (Å²) >= 11 is 11.9. The van der Waals surface area contributed by atoms with Gasteiger partial charge in [0.1, 0.15) is 12.4 Å². The van der Waals surface area contributed by atoms with Crippen molar-refractivity contribution in [2.24, 2.45) is 5.92 Å². The molecular weight excluding hydrogens is 333 g/mol. The van der Waals surface area contributed by atoms with E-state index < -0.39 is 0 Å². The summed E-state index contributed by atoms with van der Waals surface area (Å²) in [4.78, 5) is 12.5. The van der Waals surface area contributed by atoms with Crippen LogP contribution >= 0.6 is 23.2 Å². The highest BCUT2D eigenvalue weighted by Crippen LogP contribution is 2.30. The van der Waals surface area contributed by atoms with E-state index in [2.05, 4.69) is 5.32 Å². The Balaban J connectivity index is 1.66. The monoisotopic (exact) mass is 349 g/mol. The molecule has 1 aliphatic heterocycles. The number of amides is 1. The zero-order valence-electron chi connectivity index (χ0n) is 12.7. The molecule has 0 radical (unpaired) electrons. The van der Waals surface area contributed by atoms with Gasteiger partial charge >= 0.3 is 0 Å². The van der Waals surface area contributed by atoms with Gasteiger partial charge in [0.05, 0.1) is 12.0 Å². The molecule has 0 bridgehead atoms. The summed E-state index contributed by atoms with van der Waals surface area (Å²) in [5.41, 5.74) is 1.99. The van der Waals surface area contributed by atoms with Crippen molar-refractivity contribution in [3.63, 3.8) is 0 Å². The van der Waals surface area contributed by atoms with Crippen LogP contribution in [0.25, 0.3) is 0 Å². The maximum Gasteiger partial charge on any atom is 0.227 e. The van der Waals surface area contributed by atoms with Crippen molar-refractivity contribution < 1.29 is 9.53 Å². The van der Waals surface area contributed by atoms with Crippen molar-refractivity contribution in [3.05, 3.63) is 63.6 Å². The van der Waals surface area contributed by atoms with E-state index in [-0.39, 0.29) is 17.9 Å². The van der Waals surface area contributed by atoms with Crippen LogP contribution in [0.15, 0.2) is 42.5 Å². The fourth-order valence-electron chi connectivity index (χ4n) is 2.70. The molecule has 0 aromatic heterocycles. The number of hydrogen-bond acceptors (Lipinski definition) is 2. The first-order valence-corrected chi connectivity index (χ1v) is 8.25. The largest absolute Gasteiger partial charge is 0.492 e. The molecule has 3 nitrogen and oxygen atoms in total. The first kappa shape index (κ1) is 16.2. The normalized spacial score (nSPS) is 17.8. The van der Waals surface area contributed by atoms with Crippen molar-refractivity contribution in [1.29, 1.82) is 0 Å². The topological polar surface area (TPSA) is 38.3 Å².